The van der Waals surface area contributed by atoms with Gasteiger partial charge in [0, 0.05) is 18.7 Å². The number of rotatable bonds is 9. The summed E-state index contributed by atoms with van der Waals surface area (Å²) in [5.74, 6) is -1.68. The highest BCUT2D eigenvalue weighted by molar-refractivity contribution is 5.85. The molecule has 0 unspecified atom stereocenters. The average Bonchev–Trinajstić information content (AvgIpc) is 3.38. The zero-order valence-electron chi connectivity index (χ0n) is 19.5. The van der Waals surface area contributed by atoms with Crippen molar-refractivity contribution >= 4 is 23.7 Å². The molecule has 0 saturated carbocycles. The minimum Gasteiger partial charge on any atom is -0.480 e. The molecular weight excluding hydrogens is 450 g/mol. The number of aliphatic carboxylic acids is 1. The Morgan fingerprint density at radius 3 is 2.31 bits per heavy atom. The molecule has 3 N–H and O–H groups in total. The van der Waals surface area contributed by atoms with Gasteiger partial charge in [-0.1, -0.05) is 48.5 Å². The molecular formula is C25H27N5O5. The Kier molecular flexibility index (Phi) is 7.11. The number of carbonyl (C=O) groups excluding carboxylic acids is 2. The minimum absolute atomic E-state index is 0.0519. The summed E-state index contributed by atoms with van der Waals surface area (Å²) < 4.78 is 6.82. The first-order valence-electron chi connectivity index (χ1n) is 11.1. The van der Waals surface area contributed by atoms with Gasteiger partial charge in [0.15, 0.2) is 0 Å². The second-order valence-corrected chi connectivity index (χ2v) is 8.60. The molecule has 1 aliphatic carbocycles. The summed E-state index contributed by atoms with van der Waals surface area (Å²) in [5, 5.41) is 18.4. The van der Waals surface area contributed by atoms with Crippen LogP contribution in [0.5, 0.6) is 0 Å². The number of ether oxygens (including phenoxy) is 1. The molecule has 1 aliphatic rings. The number of nitrogens with zero attached hydrogens (tertiary/aromatic N) is 3. The monoisotopic (exact) mass is 477 g/mol. The maximum Gasteiger partial charge on any atom is 0.411 e. The molecule has 0 radical (unpaired) electrons. The first-order chi connectivity index (χ1) is 16.8. The second-order valence-electron chi connectivity index (χ2n) is 8.60. The van der Waals surface area contributed by atoms with Crippen LogP contribution < -0.4 is 10.6 Å². The van der Waals surface area contributed by atoms with Gasteiger partial charge >= 0.3 is 12.1 Å². The standard InChI is InChI=1S/C25H27N5O5/c1-29(2)13-22(24(32)33)28-23(31)14-30-12-16(11-26-30)27-25(34)35-15-21-19-9-5-3-7-17(19)18-8-4-6-10-20(18)21/h3-12,21-22H,13-15H2,1-2H3,(H,27,34)(H,28,31)(H,32,33)/t22-/m0/s1. The number of hydrogen-bond donors (Lipinski definition) is 3. The molecule has 2 aromatic carbocycles. The number of anilines is 1. The summed E-state index contributed by atoms with van der Waals surface area (Å²) in [6.45, 7) is 0.150. The molecule has 0 saturated heterocycles. The van der Waals surface area contributed by atoms with E-state index in [1.807, 2.05) is 36.4 Å². The first kappa shape index (κ1) is 24.0. The average molecular weight is 478 g/mol. The Morgan fingerprint density at radius 2 is 1.71 bits per heavy atom. The van der Waals surface area contributed by atoms with Crippen LogP contribution in [0.2, 0.25) is 0 Å². The maximum absolute atomic E-state index is 12.4. The molecule has 0 spiro atoms. The van der Waals surface area contributed by atoms with E-state index in [0.29, 0.717) is 5.69 Å². The van der Waals surface area contributed by atoms with E-state index in [4.69, 9.17) is 4.74 Å². The fourth-order valence-electron chi connectivity index (χ4n) is 4.20. The Balaban J connectivity index is 1.31. The first-order valence-corrected chi connectivity index (χ1v) is 11.1. The van der Waals surface area contributed by atoms with Gasteiger partial charge in [-0.05, 0) is 36.3 Å². The van der Waals surface area contributed by atoms with Gasteiger partial charge in [0.1, 0.15) is 19.2 Å². The summed E-state index contributed by atoms with van der Waals surface area (Å²) in [4.78, 5) is 37.6. The van der Waals surface area contributed by atoms with Gasteiger partial charge in [-0.3, -0.25) is 14.8 Å². The Hall–Kier alpha value is -4.18. The fraction of sp³-hybridized carbons (Fsp3) is 0.280. The zero-order valence-corrected chi connectivity index (χ0v) is 19.5. The number of nitrogens with one attached hydrogen (secondary N) is 2. The smallest absolute Gasteiger partial charge is 0.411 e. The molecule has 1 aromatic heterocycles. The number of fused-ring (bicyclic) bond motifs is 3. The highest BCUT2D eigenvalue weighted by Gasteiger charge is 2.29. The predicted molar refractivity (Wildman–Crippen MR) is 129 cm³/mol. The molecule has 10 nitrogen and oxygen atoms in total. The van der Waals surface area contributed by atoms with Crippen LogP contribution in [0, 0.1) is 0 Å². The molecule has 1 atom stereocenters. The quantitative estimate of drug-likeness (QED) is 0.432. The van der Waals surface area contributed by atoms with E-state index in [1.54, 1.807) is 19.0 Å². The molecule has 4 rings (SSSR count). The Labute approximate surface area is 202 Å². The largest absolute Gasteiger partial charge is 0.480 e. The number of likely N-dealkylation sites (N-methyl/N-ethyl adjacent to an activating group) is 1. The lowest BCUT2D eigenvalue weighted by molar-refractivity contribution is -0.142. The van der Waals surface area contributed by atoms with Crippen LogP contribution in [0.3, 0.4) is 0 Å². The van der Waals surface area contributed by atoms with E-state index in [0.717, 1.165) is 22.3 Å². The van der Waals surface area contributed by atoms with Crippen LogP contribution in [0.4, 0.5) is 10.5 Å². The van der Waals surface area contributed by atoms with Crippen molar-refractivity contribution in [1.29, 1.82) is 0 Å². The van der Waals surface area contributed by atoms with Gasteiger partial charge in [0.2, 0.25) is 5.91 Å². The molecule has 0 aliphatic heterocycles. The number of carboxylic acids is 1. The number of carbonyl (C=O) groups is 3. The number of carboxylic acid groups (broad SMARTS) is 1. The van der Waals surface area contributed by atoms with Crippen LogP contribution in [0.15, 0.2) is 60.9 Å². The van der Waals surface area contributed by atoms with E-state index in [-0.39, 0.29) is 25.6 Å². The van der Waals surface area contributed by atoms with Crippen molar-refractivity contribution in [3.05, 3.63) is 72.1 Å². The van der Waals surface area contributed by atoms with E-state index in [2.05, 4.69) is 27.9 Å². The SMILES string of the molecule is CN(C)C[C@H](NC(=O)Cn1cc(NC(=O)OCC2c3ccccc3-c3ccccc32)cn1)C(=O)O. The minimum atomic E-state index is -1.12. The summed E-state index contributed by atoms with van der Waals surface area (Å²) in [6.07, 6.45) is 2.24. The number of aromatic nitrogens is 2. The van der Waals surface area contributed by atoms with Gasteiger partial charge in [0.25, 0.3) is 0 Å². The number of amides is 2. The molecule has 0 fully saturated rings. The topological polar surface area (TPSA) is 126 Å². The van der Waals surface area contributed by atoms with Crippen molar-refractivity contribution in [2.24, 2.45) is 0 Å². The lowest BCUT2D eigenvalue weighted by Crippen LogP contribution is -2.47. The lowest BCUT2D eigenvalue weighted by Gasteiger charge is -2.18. The van der Waals surface area contributed by atoms with Crippen LogP contribution in [-0.2, 0) is 20.9 Å². The van der Waals surface area contributed by atoms with E-state index in [1.165, 1.54) is 17.1 Å². The molecule has 182 valence electrons. The van der Waals surface area contributed by atoms with Crippen LogP contribution in [-0.4, -0.2) is 71.0 Å². The molecule has 1 heterocycles. The normalized spacial score (nSPS) is 13.1. The number of hydrogen-bond acceptors (Lipinski definition) is 6. The van der Waals surface area contributed by atoms with E-state index < -0.39 is 24.0 Å². The third-order valence-corrected chi connectivity index (χ3v) is 5.71. The van der Waals surface area contributed by atoms with Crippen LogP contribution in [0.1, 0.15) is 17.0 Å². The van der Waals surface area contributed by atoms with E-state index in [9.17, 15) is 19.5 Å². The second kappa shape index (κ2) is 10.4. The van der Waals surface area contributed by atoms with Crippen LogP contribution in [0.25, 0.3) is 11.1 Å². The predicted octanol–water partition coefficient (Wildman–Crippen LogP) is 2.38. The van der Waals surface area contributed by atoms with Crippen molar-refractivity contribution in [2.75, 3.05) is 32.6 Å². The Morgan fingerprint density at radius 1 is 1.09 bits per heavy atom. The zero-order chi connectivity index (χ0) is 24.9. The summed E-state index contributed by atoms with van der Waals surface area (Å²) in [5.41, 5.74) is 4.89. The van der Waals surface area contributed by atoms with Crippen molar-refractivity contribution in [3.63, 3.8) is 0 Å². The van der Waals surface area contributed by atoms with Gasteiger partial charge in [-0.2, -0.15) is 5.10 Å². The summed E-state index contributed by atoms with van der Waals surface area (Å²) in [7, 11) is 3.44. The van der Waals surface area contributed by atoms with Crippen LogP contribution >= 0.6 is 0 Å². The third kappa shape index (κ3) is 5.67. The molecule has 3 aromatic rings. The van der Waals surface area contributed by atoms with Crippen molar-refractivity contribution in [1.82, 2.24) is 20.0 Å². The highest BCUT2D eigenvalue weighted by atomic mass is 16.5. The molecule has 10 heteroatoms. The molecule has 0 bridgehead atoms. The number of benzene rings is 2. The van der Waals surface area contributed by atoms with Gasteiger partial charge < -0.3 is 20.1 Å². The van der Waals surface area contributed by atoms with Gasteiger partial charge in [-0.25, -0.2) is 9.59 Å². The lowest BCUT2D eigenvalue weighted by atomic mass is 9.98. The molecule has 2 amide bonds. The summed E-state index contributed by atoms with van der Waals surface area (Å²) >= 11 is 0. The van der Waals surface area contributed by atoms with Crippen molar-refractivity contribution in [2.45, 2.75) is 18.5 Å². The maximum atomic E-state index is 12.4. The summed E-state index contributed by atoms with van der Waals surface area (Å²) in [6, 6.07) is 15.1. The third-order valence-electron chi connectivity index (χ3n) is 5.71. The molecule has 35 heavy (non-hydrogen) atoms. The fourth-order valence-corrected chi connectivity index (χ4v) is 4.20. The van der Waals surface area contributed by atoms with Gasteiger partial charge in [0.05, 0.1) is 11.9 Å². The van der Waals surface area contributed by atoms with Crippen molar-refractivity contribution < 1.29 is 24.2 Å². The highest BCUT2D eigenvalue weighted by Crippen LogP contribution is 2.44. The van der Waals surface area contributed by atoms with E-state index >= 15 is 0 Å². The van der Waals surface area contributed by atoms with Crippen molar-refractivity contribution in [3.8, 4) is 11.1 Å². The Bertz CT molecular complexity index is 1190. The van der Waals surface area contributed by atoms with Gasteiger partial charge in [-0.15, -0.1) is 0 Å².